The summed E-state index contributed by atoms with van der Waals surface area (Å²) in [5, 5.41) is 1.49. The lowest BCUT2D eigenvalue weighted by Crippen LogP contribution is -2.26. The minimum absolute atomic E-state index is 0.407. The van der Waals surface area contributed by atoms with E-state index in [1.807, 2.05) is 39.8 Å². The summed E-state index contributed by atoms with van der Waals surface area (Å²) in [4.78, 5) is 17.3. The third-order valence-electron chi connectivity index (χ3n) is 4.76. The number of nitrogens with zero attached hydrogens (tertiary/aromatic N) is 2. The van der Waals surface area contributed by atoms with Crippen molar-refractivity contribution < 1.29 is 18.7 Å². The average molecular weight is 427 g/mol. The molecule has 156 valence electrons. The number of ether oxygens (including phenoxy) is 2. The monoisotopic (exact) mass is 426 g/mol. The average Bonchev–Trinajstić information content (AvgIpc) is 3.26. The van der Waals surface area contributed by atoms with Crippen LogP contribution in [0.25, 0.3) is 22.0 Å². The Hall–Kier alpha value is -2.99. The minimum Gasteiger partial charge on any atom is -0.496 e. The highest BCUT2D eigenvalue weighted by atomic mass is 35.5. The quantitative estimate of drug-likeness (QED) is 0.394. The van der Waals surface area contributed by atoms with Crippen molar-refractivity contribution in [1.29, 1.82) is 0 Å². The number of carbonyl (C=O) groups excluding carboxylic acids is 1. The summed E-state index contributed by atoms with van der Waals surface area (Å²) in [6.45, 7) is 7.48. The van der Waals surface area contributed by atoms with Crippen LogP contribution >= 0.6 is 11.6 Å². The van der Waals surface area contributed by atoms with E-state index in [-0.39, 0.29) is 0 Å². The number of aryl methyl sites for hydroxylation is 1. The SMILES string of the molecule is COc1cc(C)c2c(ccn2C(=O)OC(C)(C)C)c1Cc1nc2cc(Cl)ccc2o1. The summed E-state index contributed by atoms with van der Waals surface area (Å²) in [6.07, 6.45) is 1.71. The fourth-order valence-electron chi connectivity index (χ4n) is 3.57. The van der Waals surface area contributed by atoms with E-state index < -0.39 is 11.7 Å². The van der Waals surface area contributed by atoms with Crippen LogP contribution in [0.3, 0.4) is 0 Å². The largest absolute Gasteiger partial charge is 0.496 e. The van der Waals surface area contributed by atoms with Crippen LogP contribution in [-0.4, -0.2) is 28.4 Å². The molecule has 2 aromatic heterocycles. The van der Waals surface area contributed by atoms with E-state index >= 15 is 0 Å². The second-order valence-electron chi connectivity index (χ2n) is 8.20. The van der Waals surface area contributed by atoms with Crippen molar-refractivity contribution in [2.45, 2.75) is 39.7 Å². The normalized spacial score (nSPS) is 11.9. The summed E-state index contributed by atoms with van der Waals surface area (Å²) in [6, 6.07) is 9.14. The lowest BCUT2D eigenvalue weighted by atomic mass is 10.0. The van der Waals surface area contributed by atoms with Crippen LogP contribution in [-0.2, 0) is 11.2 Å². The zero-order chi connectivity index (χ0) is 21.6. The van der Waals surface area contributed by atoms with Crippen LogP contribution in [0.1, 0.15) is 37.8 Å². The Labute approximate surface area is 179 Å². The van der Waals surface area contributed by atoms with Gasteiger partial charge in [0.25, 0.3) is 0 Å². The molecule has 0 saturated heterocycles. The first kappa shape index (κ1) is 20.3. The lowest BCUT2D eigenvalue weighted by Gasteiger charge is -2.20. The maximum absolute atomic E-state index is 12.7. The van der Waals surface area contributed by atoms with Crippen molar-refractivity contribution in [3.63, 3.8) is 0 Å². The van der Waals surface area contributed by atoms with Crippen molar-refractivity contribution in [1.82, 2.24) is 9.55 Å². The van der Waals surface area contributed by atoms with Crippen molar-refractivity contribution in [3.05, 3.63) is 58.6 Å². The fourth-order valence-corrected chi connectivity index (χ4v) is 3.73. The third kappa shape index (κ3) is 3.75. The van der Waals surface area contributed by atoms with Gasteiger partial charge in [-0.15, -0.1) is 0 Å². The van der Waals surface area contributed by atoms with Gasteiger partial charge < -0.3 is 13.9 Å². The molecular formula is C23H23ClN2O4. The van der Waals surface area contributed by atoms with E-state index in [0.29, 0.717) is 34.2 Å². The number of halogens is 1. The van der Waals surface area contributed by atoms with Crippen molar-refractivity contribution in [2.75, 3.05) is 7.11 Å². The minimum atomic E-state index is -0.587. The first-order valence-electron chi connectivity index (χ1n) is 9.62. The molecule has 0 atom stereocenters. The van der Waals surface area contributed by atoms with E-state index in [4.69, 9.17) is 25.5 Å². The molecule has 4 rings (SSSR count). The molecular weight excluding hydrogens is 404 g/mol. The van der Waals surface area contributed by atoms with Gasteiger partial charge in [-0.2, -0.15) is 0 Å². The molecule has 4 aromatic rings. The van der Waals surface area contributed by atoms with Gasteiger partial charge >= 0.3 is 6.09 Å². The van der Waals surface area contributed by atoms with Crippen molar-refractivity contribution >= 4 is 39.7 Å². The molecule has 30 heavy (non-hydrogen) atoms. The van der Waals surface area contributed by atoms with Crippen LogP contribution in [0, 0.1) is 6.92 Å². The molecule has 7 heteroatoms. The zero-order valence-electron chi connectivity index (χ0n) is 17.6. The summed E-state index contributed by atoms with van der Waals surface area (Å²) in [5.74, 6) is 1.25. The first-order chi connectivity index (χ1) is 14.2. The Balaban J connectivity index is 1.82. The number of hydrogen-bond donors (Lipinski definition) is 0. The lowest BCUT2D eigenvalue weighted by molar-refractivity contribution is 0.0544. The molecule has 0 fully saturated rings. The molecule has 0 aliphatic carbocycles. The van der Waals surface area contributed by atoms with E-state index in [1.165, 1.54) is 4.57 Å². The number of oxazole rings is 1. The topological polar surface area (TPSA) is 66.5 Å². The molecule has 0 aliphatic heterocycles. The molecule has 2 heterocycles. The van der Waals surface area contributed by atoms with Crippen molar-refractivity contribution in [3.8, 4) is 5.75 Å². The molecule has 0 radical (unpaired) electrons. The molecule has 2 aromatic carbocycles. The van der Waals surface area contributed by atoms with E-state index in [2.05, 4.69) is 4.98 Å². The van der Waals surface area contributed by atoms with Gasteiger partial charge in [0.05, 0.1) is 19.0 Å². The Morgan fingerprint density at radius 2 is 2.00 bits per heavy atom. The fraction of sp³-hybridized carbons (Fsp3) is 0.304. The molecule has 0 amide bonds. The van der Waals surface area contributed by atoms with Crippen LogP contribution in [0.15, 0.2) is 40.9 Å². The Kier molecular flexibility index (Phi) is 4.98. The molecule has 0 bridgehead atoms. The summed E-state index contributed by atoms with van der Waals surface area (Å²) in [5.41, 5.74) is 3.35. The van der Waals surface area contributed by atoms with Gasteiger partial charge in [0.2, 0.25) is 0 Å². The number of methoxy groups -OCH3 is 1. The molecule has 0 spiro atoms. The summed E-state index contributed by atoms with van der Waals surface area (Å²) < 4.78 is 18.6. The van der Waals surface area contributed by atoms with Crippen LogP contribution in [0.2, 0.25) is 5.02 Å². The summed E-state index contributed by atoms with van der Waals surface area (Å²) >= 11 is 6.06. The maximum atomic E-state index is 12.7. The smallest absolute Gasteiger partial charge is 0.419 e. The van der Waals surface area contributed by atoms with Gasteiger partial charge in [-0.05, 0) is 63.6 Å². The Morgan fingerprint density at radius 3 is 2.70 bits per heavy atom. The highest BCUT2D eigenvalue weighted by molar-refractivity contribution is 6.31. The number of hydrogen-bond acceptors (Lipinski definition) is 5. The summed E-state index contributed by atoms with van der Waals surface area (Å²) in [7, 11) is 1.63. The zero-order valence-corrected chi connectivity index (χ0v) is 18.3. The molecule has 0 N–H and O–H groups in total. The highest BCUT2D eigenvalue weighted by Crippen LogP contribution is 2.34. The van der Waals surface area contributed by atoms with Gasteiger partial charge in [0, 0.05) is 22.2 Å². The maximum Gasteiger partial charge on any atom is 0.419 e. The van der Waals surface area contributed by atoms with E-state index in [0.717, 1.165) is 22.0 Å². The van der Waals surface area contributed by atoms with E-state index in [9.17, 15) is 4.79 Å². The Morgan fingerprint density at radius 1 is 1.23 bits per heavy atom. The second-order valence-corrected chi connectivity index (χ2v) is 8.64. The number of benzene rings is 2. The van der Waals surface area contributed by atoms with Gasteiger partial charge in [-0.1, -0.05) is 11.6 Å². The Bertz CT molecular complexity index is 1260. The number of carbonyl (C=O) groups is 1. The van der Waals surface area contributed by atoms with Gasteiger partial charge in [0.1, 0.15) is 16.9 Å². The van der Waals surface area contributed by atoms with Gasteiger partial charge in [0.15, 0.2) is 11.5 Å². The highest BCUT2D eigenvalue weighted by Gasteiger charge is 2.23. The van der Waals surface area contributed by atoms with Gasteiger partial charge in [-0.25, -0.2) is 9.78 Å². The van der Waals surface area contributed by atoms with Crippen molar-refractivity contribution in [2.24, 2.45) is 0 Å². The van der Waals surface area contributed by atoms with Crippen LogP contribution in [0.5, 0.6) is 5.75 Å². The number of fused-ring (bicyclic) bond motifs is 2. The number of rotatable bonds is 3. The predicted molar refractivity (Wildman–Crippen MR) is 117 cm³/mol. The third-order valence-corrected chi connectivity index (χ3v) is 5.00. The molecule has 0 unspecified atom stereocenters. The number of aromatic nitrogens is 2. The molecule has 0 aliphatic rings. The van der Waals surface area contributed by atoms with Crippen LogP contribution in [0.4, 0.5) is 4.79 Å². The molecule has 6 nitrogen and oxygen atoms in total. The second kappa shape index (κ2) is 7.36. The first-order valence-corrected chi connectivity index (χ1v) is 10.00. The van der Waals surface area contributed by atoms with Crippen LogP contribution < -0.4 is 4.74 Å². The molecule has 0 saturated carbocycles. The standard InChI is InChI=1S/C23H23ClN2O4/c1-13-10-19(28-5)16(12-20-25-17-11-14(24)6-7-18(17)29-20)15-8-9-26(21(13)15)22(27)30-23(2,3)4/h6-11H,12H2,1-5H3. The van der Waals surface area contributed by atoms with E-state index in [1.54, 1.807) is 31.5 Å². The van der Waals surface area contributed by atoms with Gasteiger partial charge in [-0.3, -0.25) is 4.57 Å². The predicted octanol–water partition coefficient (Wildman–Crippen LogP) is 6.13.